The highest BCUT2D eigenvalue weighted by Crippen LogP contribution is 2.19. The standard InChI is InChI=1S/C12H22N4O3S/c1-9(2)12-13-11(19-14-12)8-16-6-5-10(7-16)15(3)20(4,17)18/h9-10H,5-8H2,1-4H3. The van der Waals surface area contributed by atoms with Crippen molar-refractivity contribution in [2.24, 2.45) is 0 Å². The first-order chi connectivity index (χ1) is 9.27. The molecule has 1 saturated heterocycles. The lowest BCUT2D eigenvalue weighted by Gasteiger charge is -2.22. The van der Waals surface area contributed by atoms with Crippen molar-refractivity contribution in [2.75, 3.05) is 26.4 Å². The highest BCUT2D eigenvalue weighted by Gasteiger charge is 2.30. The average Bonchev–Trinajstić information content (AvgIpc) is 2.96. The SMILES string of the molecule is CC(C)c1noc(CN2CCC(N(C)S(C)(=O)=O)C2)n1. The lowest BCUT2D eigenvalue weighted by atomic mass is 10.2. The molecule has 20 heavy (non-hydrogen) atoms. The van der Waals surface area contributed by atoms with Crippen molar-refractivity contribution in [3.05, 3.63) is 11.7 Å². The molecule has 0 amide bonds. The molecule has 1 unspecified atom stereocenters. The van der Waals surface area contributed by atoms with Gasteiger partial charge in [0.2, 0.25) is 15.9 Å². The second kappa shape index (κ2) is 5.79. The molecule has 0 aromatic carbocycles. The van der Waals surface area contributed by atoms with Crippen LogP contribution < -0.4 is 0 Å². The lowest BCUT2D eigenvalue weighted by Crippen LogP contribution is -2.38. The Morgan fingerprint density at radius 2 is 2.20 bits per heavy atom. The van der Waals surface area contributed by atoms with Crippen LogP contribution in [0.2, 0.25) is 0 Å². The molecule has 1 fully saturated rings. The van der Waals surface area contributed by atoms with Gasteiger partial charge in [-0.05, 0) is 6.42 Å². The molecule has 1 aromatic rings. The van der Waals surface area contributed by atoms with Crippen LogP contribution in [0, 0.1) is 0 Å². The Balaban J connectivity index is 1.93. The molecule has 8 heteroatoms. The first-order valence-corrected chi connectivity index (χ1v) is 8.60. The van der Waals surface area contributed by atoms with Crippen molar-refractivity contribution < 1.29 is 12.9 Å². The molecule has 1 aromatic heterocycles. The quantitative estimate of drug-likeness (QED) is 0.795. The molecule has 1 atom stereocenters. The highest BCUT2D eigenvalue weighted by atomic mass is 32.2. The van der Waals surface area contributed by atoms with Crippen LogP contribution in [0.1, 0.15) is 37.9 Å². The Labute approximate surface area is 120 Å². The van der Waals surface area contributed by atoms with E-state index in [9.17, 15) is 8.42 Å². The molecule has 0 bridgehead atoms. The first kappa shape index (κ1) is 15.4. The van der Waals surface area contributed by atoms with Gasteiger partial charge in [-0.2, -0.15) is 4.98 Å². The fourth-order valence-electron chi connectivity index (χ4n) is 2.28. The number of hydrogen-bond acceptors (Lipinski definition) is 6. The average molecular weight is 302 g/mol. The van der Waals surface area contributed by atoms with Crippen LogP contribution in [0.4, 0.5) is 0 Å². The number of rotatable bonds is 5. The number of likely N-dealkylation sites (N-methyl/N-ethyl adjacent to an activating group) is 1. The van der Waals surface area contributed by atoms with E-state index >= 15 is 0 Å². The first-order valence-electron chi connectivity index (χ1n) is 6.75. The van der Waals surface area contributed by atoms with Crippen molar-refractivity contribution in [1.82, 2.24) is 19.3 Å². The number of sulfonamides is 1. The second-order valence-electron chi connectivity index (χ2n) is 5.66. The minimum Gasteiger partial charge on any atom is -0.338 e. The zero-order valence-electron chi connectivity index (χ0n) is 12.4. The maximum Gasteiger partial charge on any atom is 0.240 e. The van der Waals surface area contributed by atoms with Gasteiger partial charge in [0.1, 0.15) is 0 Å². The molecule has 0 aliphatic carbocycles. The molecule has 0 N–H and O–H groups in total. The van der Waals surface area contributed by atoms with Gasteiger partial charge in [0.15, 0.2) is 5.82 Å². The zero-order chi connectivity index (χ0) is 14.9. The van der Waals surface area contributed by atoms with E-state index in [0.717, 1.165) is 13.0 Å². The summed E-state index contributed by atoms with van der Waals surface area (Å²) in [5.74, 6) is 1.55. The summed E-state index contributed by atoms with van der Waals surface area (Å²) < 4.78 is 29.7. The molecule has 0 radical (unpaired) electrons. The van der Waals surface area contributed by atoms with Crippen molar-refractivity contribution in [2.45, 2.75) is 38.8 Å². The molecule has 0 spiro atoms. The summed E-state index contributed by atoms with van der Waals surface area (Å²) in [7, 11) is -1.50. The van der Waals surface area contributed by atoms with Crippen LogP contribution in [0.25, 0.3) is 0 Å². The molecule has 2 heterocycles. The molecule has 0 saturated carbocycles. The zero-order valence-corrected chi connectivity index (χ0v) is 13.2. The van der Waals surface area contributed by atoms with E-state index in [1.165, 1.54) is 10.6 Å². The maximum absolute atomic E-state index is 11.5. The van der Waals surface area contributed by atoms with Gasteiger partial charge in [-0.15, -0.1) is 0 Å². The van der Waals surface area contributed by atoms with Crippen molar-refractivity contribution >= 4 is 10.0 Å². The van der Waals surface area contributed by atoms with Gasteiger partial charge in [-0.1, -0.05) is 19.0 Å². The van der Waals surface area contributed by atoms with E-state index in [0.29, 0.717) is 24.8 Å². The third kappa shape index (κ3) is 3.56. The number of hydrogen-bond donors (Lipinski definition) is 0. The van der Waals surface area contributed by atoms with E-state index in [2.05, 4.69) is 15.0 Å². The predicted molar refractivity (Wildman–Crippen MR) is 74.7 cm³/mol. The smallest absolute Gasteiger partial charge is 0.240 e. The van der Waals surface area contributed by atoms with Gasteiger partial charge in [-0.3, -0.25) is 4.90 Å². The predicted octanol–water partition coefficient (Wildman–Crippen LogP) is 0.659. The van der Waals surface area contributed by atoms with Crippen LogP contribution in [-0.2, 0) is 16.6 Å². The monoisotopic (exact) mass is 302 g/mol. The molecular weight excluding hydrogens is 280 g/mol. The Bertz CT molecular complexity index is 555. The largest absolute Gasteiger partial charge is 0.338 e. The van der Waals surface area contributed by atoms with Gasteiger partial charge in [0, 0.05) is 32.1 Å². The fraction of sp³-hybridized carbons (Fsp3) is 0.833. The second-order valence-corrected chi connectivity index (χ2v) is 7.70. The van der Waals surface area contributed by atoms with Gasteiger partial charge in [0.05, 0.1) is 12.8 Å². The lowest BCUT2D eigenvalue weighted by molar-refractivity contribution is 0.253. The number of nitrogens with zero attached hydrogens (tertiary/aromatic N) is 4. The van der Waals surface area contributed by atoms with Gasteiger partial charge in [-0.25, -0.2) is 12.7 Å². The van der Waals surface area contributed by atoms with E-state index in [4.69, 9.17) is 4.52 Å². The molecule has 114 valence electrons. The summed E-state index contributed by atoms with van der Waals surface area (Å²) in [5.41, 5.74) is 0. The number of likely N-dealkylation sites (tertiary alicyclic amines) is 1. The van der Waals surface area contributed by atoms with E-state index in [1.807, 2.05) is 13.8 Å². The fourth-order valence-corrected chi connectivity index (χ4v) is 3.00. The Hall–Kier alpha value is -0.990. The van der Waals surface area contributed by atoms with Crippen molar-refractivity contribution in [1.29, 1.82) is 0 Å². The summed E-state index contributed by atoms with van der Waals surface area (Å²) in [6, 6.07) is 0.0255. The molecule has 1 aliphatic rings. The Morgan fingerprint density at radius 1 is 1.50 bits per heavy atom. The summed E-state index contributed by atoms with van der Waals surface area (Å²) in [6.45, 7) is 6.14. The van der Waals surface area contributed by atoms with Crippen LogP contribution >= 0.6 is 0 Å². The minimum absolute atomic E-state index is 0.0255. The van der Waals surface area contributed by atoms with Gasteiger partial charge in [0.25, 0.3) is 0 Å². The normalized spacial score (nSPS) is 21.2. The highest BCUT2D eigenvalue weighted by molar-refractivity contribution is 7.88. The summed E-state index contributed by atoms with van der Waals surface area (Å²) in [5, 5.41) is 3.93. The minimum atomic E-state index is -3.13. The Morgan fingerprint density at radius 3 is 2.75 bits per heavy atom. The summed E-state index contributed by atoms with van der Waals surface area (Å²) in [4.78, 5) is 6.48. The third-order valence-electron chi connectivity index (χ3n) is 3.64. The van der Waals surface area contributed by atoms with E-state index < -0.39 is 10.0 Å². The van der Waals surface area contributed by atoms with E-state index in [-0.39, 0.29) is 12.0 Å². The van der Waals surface area contributed by atoms with Gasteiger partial charge < -0.3 is 4.52 Å². The molecule has 7 nitrogen and oxygen atoms in total. The van der Waals surface area contributed by atoms with Crippen LogP contribution in [0.5, 0.6) is 0 Å². The third-order valence-corrected chi connectivity index (χ3v) is 4.99. The van der Waals surface area contributed by atoms with E-state index in [1.54, 1.807) is 7.05 Å². The number of aromatic nitrogens is 2. The van der Waals surface area contributed by atoms with Crippen molar-refractivity contribution in [3.8, 4) is 0 Å². The summed E-state index contributed by atoms with van der Waals surface area (Å²) in [6.07, 6.45) is 2.07. The molecular formula is C12H22N4O3S. The topological polar surface area (TPSA) is 79.5 Å². The van der Waals surface area contributed by atoms with Crippen LogP contribution in [-0.4, -0.2) is 60.2 Å². The summed E-state index contributed by atoms with van der Waals surface area (Å²) >= 11 is 0. The molecule has 1 aliphatic heterocycles. The molecule has 2 rings (SSSR count). The van der Waals surface area contributed by atoms with Crippen LogP contribution in [0.3, 0.4) is 0 Å². The van der Waals surface area contributed by atoms with Crippen LogP contribution in [0.15, 0.2) is 4.52 Å². The van der Waals surface area contributed by atoms with Gasteiger partial charge >= 0.3 is 0 Å². The Kier molecular flexibility index (Phi) is 4.46. The maximum atomic E-state index is 11.5. The van der Waals surface area contributed by atoms with Crippen molar-refractivity contribution in [3.63, 3.8) is 0 Å².